The third kappa shape index (κ3) is 6.44. The average molecular weight is 392 g/mol. The number of carboxylic acid groups (broad SMARTS) is 1. The van der Waals surface area contributed by atoms with E-state index in [1.807, 2.05) is 18.2 Å². The zero-order valence-electron chi connectivity index (χ0n) is 16.5. The first-order chi connectivity index (χ1) is 13.2. The van der Waals surface area contributed by atoms with Crippen LogP contribution < -0.4 is 5.32 Å². The van der Waals surface area contributed by atoms with Crippen LogP contribution in [0.25, 0.3) is 0 Å². The van der Waals surface area contributed by atoms with Gasteiger partial charge in [0.2, 0.25) is 0 Å². The van der Waals surface area contributed by atoms with Crippen molar-refractivity contribution >= 4 is 18.2 Å². The number of hydrogen-bond donors (Lipinski definition) is 2. The molecule has 0 radical (unpaired) electrons. The van der Waals surface area contributed by atoms with Gasteiger partial charge in [-0.15, -0.1) is 0 Å². The second-order valence-corrected chi connectivity index (χ2v) is 7.76. The summed E-state index contributed by atoms with van der Waals surface area (Å²) in [5.74, 6) is -1.22. The molecule has 1 aliphatic heterocycles. The second kappa shape index (κ2) is 9.43. The number of carbonyl (C=O) groups excluding carboxylic acids is 2. The highest BCUT2D eigenvalue weighted by molar-refractivity contribution is 5.81. The van der Waals surface area contributed by atoms with Crippen molar-refractivity contribution < 1.29 is 29.0 Å². The Kier molecular flexibility index (Phi) is 7.25. The molecular formula is C20H28N2O6. The number of amides is 2. The summed E-state index contributed by atoms with van der Waals surface area (Å²) in [6.45, 7) is 5.65. The van der Waals surface area contributed by atoms with Crippen molar-refractivity contribution in [3.63, 3.8) is 0 Å². The van der Waals surface area contributed by atoms with Crippen LogP contribution in [0.3, 0.4) is 0 Å². The van der Waals surface area contributed by atoms with Gasteiger partial charge in [-0.05, 0) is 45.6 Å². The molecule has 1 fully saturated rings. The lowest BCUT2D eigenvalue weighted by atomic mass is 9.96. The number of nitrogens with zero attached hydrogens (tertiary/aromatic N) is 1. The molecule has 1 saturated heterocycles. The Bertz CT molecular complexity index is 686. The van der Waals surface area contributed by atoms with Crippen LogP contribution in [0.2, 0.25) is 0 Å². The van der Waals surface area contributed by atoms with E-state index in [4.69, 9.17) is 9.47 Å². The number of benzene rings is 1. The molecule has 0 aliphatic carbocycles. The summed E-state index contributed by atoms with van der Waals surface area (Å²) in [7, 11) is 0. The predicted octanol–water partition coefficient (Wildman–Crippen LogP) is 3.16. The van der Waals surface area contributed by atoms with E-state index in [2.05, 4.69) is 5.32 Å². The predicted molar refractivity (Wildman–Crippen MR) is 102 cm³/mol. The van der Waals surface area contributed by atoms with Crippen molar-refractivity contribution in [2.24, 2.45) is 0 Å². The molecule has 8 nitrogen and oxygen atoms in total. The standard InChI is InChI=1S/C20H28N2O6/c1-20(2,3)28-19(26)22-12-8-7-11-15(22)16(17(23)24)21-18(25)27-13-14-9-5-4-6-10-14/h4-6,9-10,15-16H,7-8,11-13H2,1-3H3,(H,21,25)(H,23,24)/t15-,16-/m1/s1. The molecule has 1 heterocycles. The summed E-state index contributed by atoms with van der Waals surface area (Å²) in [4.78, 5) is 37.9. The summed E-state index contributed by atoms with van der Waals surface area (Å²) in [5, 5.41) is 12.0. The Morgan fingerprint density at radius 2 is 1.89 bits per heavy atom. The molecule has 1 aromatic carbocycles. The van der Waals surface area contributed by atoms with Crippen LogP contribution in [0, 0.1) is 0 Å². The third-order valence-electron chi connectivity index (χ3n) is 4.31. The molecule has 0 unspecified atom stereocenters. The fourth-order valence-corrected chi connectivity index (χ4v) is 3.07. The normalized spacial score (nSPS) is 18.1. The van der Waals surface area contributed by atoms with Gasteiger partial charge in [-0.2, -0.15) is 0 Å². The molecule has 2 N–H and O–H groups in total. The Morgan fingerprint density at radius 1 is 1.21 bits per heavy atom. The fourth-order valence-electron chi connectivity index (χ4n) is 3.07. The van der Waals surface area contributed by atoms with E-state index in [1.54, 1.807) is 32.9 Å². The second-order valence-electron chi connectivity index (χ2n) is 7.76. The van der Waals surface area contributed by atoms with Crippen molar-refractivity contribution in [1.29, 1.82) is 0 Å². The SMILES string of the molecule is CC(C)(C)OC(=O)N1CCCC[C@@H]1[C@@H](NC(=O)OCc1ccccc1)C(=O)O. The monoisotopic (exact) mass is 392 g/mol. The highest BCUT2D eigenvalue weighted by atomic mass is 16.6. The molecule has 1 aromatic rings. The fraction of sp³-hybridized carbons (Fsp3) is 0.550. The Morgan fingerprint density at radius 3 is 2.50 bits per heavy atom. The lowest BCUT2D eigenvalue weighted by Gasteiger charge is -2.39. The molecule has 28 heavy (non-hydrogen) atoms. The van der Waals surface area contributed by atoms with Crippen LogP contribution in [0.5, 0.6) is 0 Å². The zero-order chi connectivity index (χ0) is 20.7. The van der Waals surface area contributed by atoms with Gasteiger partial charge in [-0.3, -0.25) is 0 Å². The summed E-state index contributed by atoms with van der Waals surface area (Å²) in [6.07, 6.45) is 0.540. The van der Waals surface area contributed by atoms with Crippen LogP contribution in [0.4, 0.5) is 9.59 Å². The van der Waals surface area contributed by atoms with Gasteiger partial charge in [-0.25, -0.2) is 14.4 Å². The van der Waals surface area contributed by atoms with Gasteiger partial charge in [0.05, 0.1) is 6.04 Å². The van der Waals surface area contributed by atoms with Gasteiger partial charge in [0.15, 0.2) is 6.04 Å². The van der Waals surface area contributed by atoms with Crippen LogP contribution in [0.15, 0.2) is 30.3 Å². The minimum atomic E-state index is -1.28. The van der Waals surface area contributed by atoms with Crippen molar-refractivity contribution in [1.82, 2.24) is 10.2 Å². The maximum absolute atomic E-state index is 12.5. The molecular weight excluding hydrogens is 364 g/mol. The maximum atomic E-state index is 12.5. The van der Waals surface area contributed by atoms with Crippen LogP contribution in [-0.4, -0.2) is 52.4 Å². The quantitative estimate of drug-likeness (QED) is 0.797. The van der Waals surface area contributed by atoms with Crippen molar-refractivity contribution in [2.75, 3.05) is 6.54 Å². The highest BCUT2D eigenvalue weighted by Crippen LogP contribution is 2.23. The summed E-state index contributed by atoms with van der Waals surface area (Å²) in [5.41, 5.74) is 0.0948. The van der Waals surface area contributed by atoms with E-state index in [0.717, 1.165) is 18.4 Å². The first-order valence-corrected chi connectivity index (χ1v) is 9.37. The number of hydrogen-bond acceptors (Lipinski definition) is 5. The third-order valence-corrected chi connectivity index (χ3v) is 4.31. The number of carboxylic acids is 1. The maximum Gasteiger partial charge on any atom is 0.410 e. The van der Waals surface area contributed by atoms with Crippen molar-refractivity contribution in [3.05, 3.63) is 35.9 Å². The number of piperidine rings is 1. The van der Waals surface area contributed by atoms with E-state index < -0.39 is 35.8 Å². The Labute approximate surface area is 164 Å². The number of aliphatic carboxylic acids is 1. The van der Waals surface area contributed by atoms with E-state index in [0.29, 0.717) is 13.0 Å². The molecule has 0 spiro atoms. The molecule has 2 amide bonds. The number of nitrogens with one attached hydrogen (secondary N) is 1. The van der Waals surface area contributed by atoms with Gasteiger partial charge in [0.25, 0.3) is 0 Å². The smallest absolute Gasteiger partial charge is 0.410 e. The Balaban J connectivity index is 2.04. The number of alkyl carbamates (subject to hydrolysis) is 1. The highest BCUT2D eigenvalue weighted by Gasteiger charge is 2.39. The van der Waals surface area contributed by atoms with Crippen LogP contribution in [0.1, 0.15) is 45.6 Å². The molecule has 2 rings (SSSR count). The van der Waals surface area contributed by atoms with Crippen molar-refractivity contribution in [2.45, 2.75) is 64.3 Å². The van der Waals surface area contributed by atoms with Gasteiger partial charge in [0, 0.05) is 6.54 Å². The largest absolute Gasteiger partial charge is 0.480 e. The molecule has 0 saturated carbocycles. The van der Waals surface area contributed by atoms with Gasteiger partial charge in [-0.1, -0.05) is 30.3 Å². The minimum Gasteiger partial charge on any atom is -0.480 e. The summed E-state index contributed by atoms with van der Waals surface area (Å²) >= 11 is 0. The zero-order valence-corrected chi connectivity index (χ0v) is 16.5. The summed E-state index contributed by atoms with van der Waals surface area (Å²) in [6, 6.07) is 7.09. The number of likely N-dealkylation sites (tertiary alicyclic amines) is 1. The number of carbonyl (C=O) groups is 3. The van der Waals surface area contributed by atoms with Gasteiger partial charge in [0.1, 0.15) is 12.2 Å². The van der Waals surface area contributed by atoms with Gasteiger partial charge < -0.3 is 24.8 Å². The molecule has 8 heteroatoms. The first kappa shape index (κ1) is 21.5. The molecule has 1 aliphatic rings. The van der Waals surface area contributed by atoms with Crippen molar-refractivity contribution in [3.8, 4) is 0 Å². The lowest BCUT2D eigenvalue weighted by molar-refractivity contribution is -0.141. The van der Waals surface area contributed by atoms with E-state index in [1.165, 1.54) is 4.90 Å². The molecule has 154 valence electrons. The molecule has 0 aromatic heterocycles. The van der Waals surface area contributed by atoms with Gasteiger partial charge >= 0.3 is 18.2 Å². The number of ether oxygens (including phenoxy) is 2. The molecule has 0 bridgehead atoms. The summed E-state index contributed by atoms with van der Waals surface area (Å²) < 4.78 is 10.5. The van der Waals surface area contributed by atoms with E-state index >= 15 is 0 Å². The Hall–Kier alpha value is -2.77. The molecule has 2 atom stereocenters. The minimum absolute atomic E-state index is 0.0272. The van der Waals surface area contributed by atoms with Crippen LogP contribution in [-0.2, 0) is 20.9 Å². The topological polar surface area (TPSA) is 105 Å². The lowest BCUT2D eigenvalue weighted by Crippen LogP contribution is -2.59. The van der Waals surface area contributed by atoms with E-state index in [9.17, 15) is 19.5 Å². The number of rotatable bonds is 5. The first-order valence-electron chi connectivity index (χ1n) is 9.37. The van der Waals surface area contributed by atoms with E-state index in [-0.39, 0.29) is 6.61 Å². The average Bonchev–Trinajstić information content (AvgIpc) is 2.63. The van der Waals surface area contributed by atoms with Crippen LogP contribution >= 0.6 is 0 Å².